The van der Waals surface area contributed by atoms with Crippen molar-refractivity contribution in [2.24, 2.45) is 0 Å². The molecule has 0 spiro atoms. The van der Waals surface area contributed by atoms with Gasteiger partial charge >= 0.3 is 0 Å². The highest BCUT2D eigenvalue weighted by atomic mass is 79.9. The van der Waals surface area contributed by atoms with Gasteiger partial charge in [0.2, 0.25) is 0 Å². The Kier molecular flexibility index (Phi) is 6.37. The molecule has 1 aromatic rings. The van der Waals surface area contributed by atoms with Gasteiger partial charge in [-0.15, -0.1) is 0 Å². The number of rotatable bonds is 6. The molecule has 18 heavy (non-hydrogen) atoms. The van der Waals surface area contributed by atoms with Crippen molar-refractivity contribution in [2.45, 2.75) is 19.3 Å². The normalized spacial score (nSPS) is 9.83. The van der Waals surface area contributed by atoms with E-state index in [0.29, 0.717) is 11.3 Å². The van der Waals surface area contributed by atoms with Crippen molar-refractivity contribution >= 4 is 21.8 Å². The average molecular weight is 310 g/mol. The fraction of sp³-hybridized carbons (Fsp3) is 0.462. The lowest BCUT2D eigenvalue weighted by atomic mass is 10.2. The van der Waals surface area contributed by atoms with Crippen LogP contribution in [0.5, 0.6) is 0 Å². The van der Waals surface area contributed by atoms with Crippen LogP contribution in [0.2, 0.25) is 0 Å². The molecule has 0 aliphatic rings. The zero-order valence-electron chi connectivity index (χ0n) is 10.4. The predicted molar refractivity (Wildman–Crippen MR) is 73.6 cm³/mol. The molecule has 0 aliphatic carbocycles. The molecular weight excluding hydrogens is 294 g/mol. The quantitative estimate of drug-likeness (QED) is 0.599. The summed E-state index contributed by atoms with van der Waals surface area (Å²) in [5, 5.41) is 9.66. The van der Waals surface area contributed by atoms with Crippen LogP contribution in [0.15, 0.2) is 18.3 Å². The first-order valence-corrected chi connectivity index (χ1v) is 6.98. The minimum atomic E-state index is -0.0988. The minimum absolute atomic E-state index is 0.0988. The summed E-state index contributed by atoms with van der Waals surface area (Å²) in [6.07, 6.45) is 4.64. The third-order valence-corrected chi connectivity index (χ3v) is 3.15. The van der Waals surface area contributed by atoms with Gasteiger partial charge in [0.25, 0.3) is 5.91 Å². The summed E-state index contributed by atoms with van der Waals surface area (Å²) in [4.78, 5) is 17.6. The molecule has 0 saturated carbocycles. The molecule has 0 aliphatic heterocycles. The minimum Gasteiger partial charge on any atom is -0.340 e. The van der Waals surface area contributed by atoms with Gasteiger partial charge < -0.3 is 4.90 Å². The van der Waals surface area contributed by atoms with E-state index in [9.17, 15) is 4.79 Å². The van der Waals surface area contributed by atoms with Crippen molar-refractivity contribution in [1.82, 2.24) is 9.88 Å². The lowest BCUT2D eigenvalue weighted by molar-refractivity contribution is 0.0787. The van der Waals surface area contributed by atoms with Crippen LogP contribution in [0.25, 0.3) is 0 Å². The van der Waals surface area contributed by atoms with Crippen LogP contribution < -0.4 is 0 Å². The fourth-order valence-corrected chi connectivity index (χ4v) is 1.90. The molecule has 0 aromatic carbocycles. The molecule has 0 saturated heterocycles. The number of aromatic nitrogens is 1. The van der Waals surface area contributed by atoms with Gasteiger partial charge in [-0.05, 0) is 25.0 Å². The van der Waals surface area contributed by atoms with E-state index in [4.69, 9.17) is 5.26 Å². The number of hydrogen-bond acceptors (Lipinski definition) is 3. The molecule has 0 N–H and O–H groups in total. The van der Waals surface area contributed by atoms with Crippen LogP contribution in [-0.2, 0) is 0 Å². The summed E-state index contributed by atoms with van der Waals surface area (Å²) in [5.74, 6) is -0.0988. The Morgan fingerprint density at radius 2 is 2.22 bits per heavy atom. The molecule has 0 atom stereocenters. The first kappa shape index (κ1) is 14.7. The van der Waals surface area contributed by atoms with E-state index in [0.717, 1.165) is 31.1 Å². The van der Waals surface area contributed by atoms with E-state index in [1.165, 1.54) is 6.20 Å². The monoisotopic (exact) mass is 309 g/mol. The first-order valence-electron chi connectivity index (χ1n) is 5.86. The Labute approximate surface area is 116 Å². The topological polar surface area (TPSA) is 57.0 Å². The molecule has 96 valence electrons. The molecule has 1 rings (SSSR count). The predicted octanol–water partition coefficient (Wildman–Crippen LogP) is 2.59. The second kappa shape index (κ2) is 7.83. The van der Waals surface area contributed by atoms with Crippen molar-refractivity contribution in [1.29, 1.82) is 5.26 Å². The van der Waals surface area contributed by atoms with Crippen molar-refractivity contribution in [2.75, 3.05) is 18.9 Å². The van der Waals surface area contributed by atoms with Crippen LogP contribution in [0.3, 0.4) is 0 Å². The standard InChI is InChI=1S/C13H16BrN3O/c1-17(8-4-2-3-7-14)13(18)12-6-5-11(9-15)10-16-12/h5-6,10H,2-4,7-8H2,1H3. The van der Waals surface area contributed by atoms with Crippen LogP contribution in [-0.4, -0.2) is 34.7 Å². The molecule has 0 bridgehead atoms. The Hall–Kier alpha value is -1.41. The van der Waals surface area contributed by atoms with Gasteiger partial charge in [-0.3, -0.25) is 4.79 Å². The highest BCUT2D eigenvalue weighted by molar-refractivity contribution is 9.09. The van der Waals surface area contributed by atoms with Crippen LogP contribution >= 0.6 is 15.9 Å². The maximum absolute atomic E-state index is 12.0. The third kappa shape index (κ3) is 4.46. The van der Waals surface area contributed by atoms with Crippen LogP contribution in [0, 0.1) is 11.3 Å². The number of amides is 1. The van der Waals surface area contributed by atoms with E-state index in [1.54, 1.807) is 24.1 Å². The lowest BCUT2D eigenvalue weighted by Gasteiger charge is -2.16. The number of hydrogen-bond donors (Lipinski definition) is 0. The first-order chi connectivity index (χ1) is 8.69. The molecule has 1 heterocycles. The molecule has 0 unspecified atom stereocenters. The van der Waals surface area contributed by atoms with Gasteiger partial charge in [0.05, 0.1) is 5.56 Å². The highest BCUT2D eigenvalue weighted by Crippen LogP contribution is 2.05. The highest BCUT2D eigenvalue weighted by Gasteiger charge is 2.12. The van der Waals surface area contributed by atoms with Crippen molar-refractivity contribution < 1.29 is 4.79 Å². The summed E-state index contributed by atoms with van der Waals surface area (Å²) in [6, 6.07) is 5.18. The maximum atomic E-state index is 12.0. The Morgan fingerprint density at radius 3 is 2.78 bits per heavy atom. The molecule has 5 heteroatoms. The van der Waals surface area contributed by atoms with E-state index < -0.39 is 0 Å². The van der Waals surface area contributed by atoms with Crippen molar-refractivity contribution in [3.05, 3.63) is 29.6 Å². The van der Waals surface area contributed by atoms with Gasteiger partial charge in [-0.1, -0.05) is 22.4 Å². The summed E-state index contributed by atoms with van der Waals surface area (Å²) in [6.45, 7) is 0.730. The number of nitriles is 1. The van der Waals surface area contributed by atoms with Crippen LogP contribution in [0.1, 0.15) is 35.3 Å². The molecular formula is C13H16BrN3O. The number of carbonyl (C=O) groups is 1. The summed E-state index contributed by atoms with van der Waals surface area (Å²) in [7, 11) is 1.77. The zero-order chi connectivity index (χ0) is 13.4. The Balaban J connectivity index is 2.49. The number of alkyl halides is 1. The van der Waals surface area contributed by atoms with E-state index in [2.05, 4.69) is 20.9 Å². The number of carbonyl (C=O) groups excluding carboxylic acids is 1. The molecule has 0 fully saturated rings. The number of unbranched alkanes of at least 4 members (excludes halogenated alkanes) is 2. The number of nitrogens with zero attached hydrogens (tertiary/aromatic N) is 3. The van der Waals surface area contributed by atoms with E-state index in [-0.39, 0.29) is 5.91 Å². The largest absolute Gasteiger partial charge is 0.340 e. The van der Waals surface area contributed by atoms with Crippen LogP contribution in [0.4, 0.5) is 0 Å². The SMILES string of the molecule is CN(CCCCCBr)C(=O)c1ccc(C#N)cn1. The second-order valence-electron chi connectivity index (χ2n) is 4.02. The van der Waals surface area contributed by atoms with Crippen molar-refractivity contribution in [3.63, 3.8) is 0 Å². The number of pyridine rings is 1. The van der Waals surface area contributed by atoms with Gasteiger partial charge in [-0.2, -0.15) is 5.26 Å². The molecule has 0 radical (unpaired) electrons. The lowest BCUT2D eigenvalue weighted by Crippen LogP contribution is -2.28. The second-order valence-corrected chi connectivity index (χ2v) is 4.81. The third-order valence-electron chi connectivity index (χ3n) is 2.59. The summed E-state index contributed by atoms with van der Waals surface area (Å²) in [5.41, 5.74) is 0.850. The smallest absolute Gasteiger partial charge is 0.272 e. The maximum Gasteiger partial charge on any atom is 0.272 e. The average Bonchev–Trinajstić information content (AvgIpc) is 2.42. The van der Waals surface area contributed by atoms with Gasteiger partial charge in [0.1, 0.15) is 11.8 Å². The van der Waals surface area contributed by atoms with E-state index in [1.807, 2.05) is 6.07 Å². The summed E-state index contributed by atoms with van der Waals surface area (Å²) < 4.78 is 0. The van der Waals surface area contributed by atoms with E-state index >= 15 is 0 Å². The Bertz CT molecular complexity index is 425. The molecule has 1 aromatic heterocycles. The van der Waals surface area contributed by atoms with Gasteiger partial charge in [-0.25, -0.2) is 4.98 Å². The van der Waals surface area contributed by atoms with Gasteiger partial charge in [0, 0.05) is 25.1 Å². The van der Waals surface area contributed by atoms with Crippen molar-refractivity contribution in [3.8, 4) is 6.07 Å². The van der Waals surface area contributed by atoms with Gasteiger partial charge in [0.15, 0.2) is 0 Å². The molecule has 1 amide bonds. The summed E-state index contributed by atoms with van der Waals surface area (Å²) >= 11 is 3.38. The fourth-order valence-electron chi connectivity index (χ4n) is 1.50. The number of halogens is 1. The molecule has 4 nitrogen and oxygen atoms in total. The zero-order valence-corrected chi connectivity index (χ0v) is 12.0. The Morgan fingerprint density at radius 1 is 1.44 bits per heavy atom.